The number of fused-ring (bicyclic) bond motifs is 3. The number of pyridine rings is 1. The zero-order valence-electron chi connectivity index (χ0n) is 14.9. The molecule has 1 aromatic carbocycles. The van der Waals surface area contributed by atoms with Crippen molar-refractivity contribution in [1.29, 1.82) is 0 Å². The summed E-state index contributed by atoms with van der Waals surface area (Å²) in [6.07, 6.45) is 3.33. The van der Waals surface area contributed by atoms with Crippen LogP contribution in [0.4, 0.5) is 5.69 Å². The average Bonchev–Trinajstić information content (AvgIpc) is 3.13. The van der Waals surface area contributed by atoms with Crippen LogP contribution in [0.15, 0.2) is 59.2 Å². The lowest BCUT2D eigenvalue weighted by Gasteiger charge is -2.39. The lowest BCUT2D eigenvalue weighted by Crippen LogP contribution is -2.33. The maximum absolute atomic E-state index is 13.1. The Bertz CT molecular complexity index is 1060. The van der Waals surface area contributed by atoms with E-state index < -0.39 is 0 Å². The molecule has 0 fully saturated rings. The highest BCUT2D eigenvalue weighted by atomic mass is 32.1. The molecular formula is C22H20N2OS. The predicted molar refractivity (Wildman–Crippen MR) is 107 cm³/mol. The first-order valence-electron chi connectivity index (χ1n) is 8.98. The number of carbonyl (C=O) groups is 1. The van der Waals surface area contributed by atoms with E-state index in [-0.39, 0.29) is 17.1 Å². The van der Waals surface area contributed by atoms with Gasteiger partial charge in [0.1, 0.15) is 0 Å². The highest BCUT2D eigenvalue weighted by molar-refractivity contribution is 7.10. The van der Waals surface area contributed by atoms with Gasteiger partial charge in [-0.25, -0.2) is 0 Å². The van der Waals surface area contributed by atoms with Gasteiger partial charge in [-0.15, -0.1) is 11.3 Å². The van der Waals surface area contributed by atoms with Crippen LogP contribution in [0.3, 0.4) is 0 Å². The van der Waals surface area contributed by atoms with Crippen molar-refractivity contribution in [3.8, 4) is 0 Å². The summed E-state index contributed by atoms with van der Waals surface area (Å²) in [5.41, 5.74) is 5.31. The van der Waals surface area contributed by atoms with Crippen LogP contribution in [0.5, 0.6) is 0 Å². The Morgan fingerprint density at radius 1 is 1.15 bits per heavy atom. The van der Waals surface area contributed by atoms with Gasteiger partial charge in [0.25, 0.3) is 0 Å². The number of hydrogen-bond acceptors (Lipinski definition) is 4. The summed E-state index contributed by atoms with van der Waals surface area (Å²) in [6, 6.07) is 12.5. The minimum atomic E-state index is -0.0107. The van der Waals surface area contributed by atoms with Gasteiger partial charge in [0.2, 0.25) is 0 Å². The fraction of sp³-hybridized carbons (Fsp3) is 0.273. The number of carbonyl (C=O) groups excluding carboxylic acids is 1. The topological polar surface area (TPSA) is 42.0 Å². The van der Waals surface area contributed by atoms with Crippen molar-refractivity contribution in [3.05, 3.63) is 69.7 Å². The summed E-state index contributed by atoms with van der Waals surface area (Å²) in [5, 5.41) is 6.86. The Morgan fingerprint density at radius 3 is 2.85 bits per heavy atom. The number of rotatable bonds is 1. The van der Waals surface area contributed by atoms with Crippen LogP contribution in [0.2, 0.25) is 0 Å². The Hall–Kier alpha value is -2.46. The van der Waals surface area contributed by atoms with E-state index in [1.165, 1.54) is 10.4 Å². The number of allylic oxidation sites excluding steroid dienone is 2. The van der Waals surface area contributed by atoms with Gasteiger partial charge in [-0.1, -0.05) is 26.0 Å². The van der Waals surface area contributed by atoms with Gasteiger partial charge in [-0.3, -0.25) is 9.78 Å². The molecule has 2 aromatic heterocycles. The van der Waals surface area contributed by atoms with Crippen LogP contribution >= 0.6 is 11.3 Å². The van der Waals surface area contributed by atoms with E-state index in [0.29, 0.717) is 6.42 Å². The molecule has 1 N–H and O–H groups in total. The van der Waals surface area contributed by atoms with Crippen LogP contribution in [-0.4, -0.2) is 10.8 Å². The van der Waals surface area contributed by atoms with E-state index >= 15 is 0 Å². The van der Waals surface area contributed by atoms with Gasteiger partial charge in [-0.05, 0) is 47.0 Å². The fourth-order valence-corrected chi connectivity index (χ4v) is 5.24. The minimum absolute atomic E-state index is 0.0107. The van der Waals surface area contributed by atoms with Crippen LogP contribution in [0.25, 0.3) is 10.9 Å². The first-order chi connectivity index (χ1) is 12.5. The number of ketones is 1. The van der Waals surface area contributed by atoms with Crippen molar-refractivity contribution in [2.75, 3.05) is 5.32 Å². The summed E-state index contributed by atoms with van der Waals surface area (Å²) >= 11 is 1.73. The molecule has 0 spiro atoms. The second-order valence-corrected chi connectivity index (χ2v) is 8.99. The van der Waals surface area contributed by atoms with Crippen molar-refractivity contribution in [1.82, 2.24) is 4.98 Å². The Balaban J connectivity index is 1.80. The quantitative estimate of drug-likeness (QED) is 0.623. The molecule has 1 aliphatic heterocycles. The van der Waals surface area contributed by atoms with Gasteiger partial charge < -0.3 is 5.32 Å². The first kappa shape index (κ1) is 15.8. The molecule has 1 unspecified atom stereocenters. The lowest BCUT2D eigenvalue weighted by molar-refractivity contribution is -0.118. The minimum Gasteiger partial charge on any atom is -0.358 e. The average molecular weight is 360 g/mol. The molecule has 0 amide bonds. The van der Waals surface area contributed by atoms with E-state index in [9.17, 15) is 4.79 Å². The van der Waals surface area contributed by atoms with Gasteiger partial charge in [0.05, 0.1) is 17.1 Å². The molecular weight excluding hydrogens is 340 g/mol. The third kappa shape index (κ3) is 2.32. The molecule has 3 nitrogen and oxygen atoms in total. The number of Topliss-reactive ketones (excluding diaryl/α,β-unsaturated/α-hetero) is 1. The molecule has 1 atom stereocenters. The summed E-state index contributed by atoms with van der Waals surface area (Å²) in [6.45, 7) is 4.35. The van der Waals surface area contributed by atoms with E-state index in [2.05, 4.69) is 59.9 Å². The van der Waals surface area contributed by atoms with Gasteiger partial charge in [0, 0.05) is 34.2 Å². The molecule has 1 aliphatic carbocycles. The van der Waals surface area contributed by atoms with Crippen LogP contribution in [-0.2, 0) is 4.79 Å². The van der Waals surface area contributed by atoms with Gasteiger partial charge >= 0.3 is 0 Å². The molecule has 0 saturated carbocycles. The van der Waals surface area contributed by atoms with Crippen molar-refractivity contribution < 1.29 is 4.79 Å². The molecule has 3 aromatic rings. The standard InChI is InChI=1S/C22H20N2OS/c1-22(2)11-16-20(17(25)12-22)19(18-6-4-10-26-18)14-7-8-15-13(21(14)24-16)5-3-9-23-15/h3-10,19,24H,11-12H2,1-2H3. The Kier molecular flexibility index (Phi) is 3.35. The molecule has 130 valence electrons. The molecule has 0 bridgehead atoms. The molecule has 4 heteroatoms. The highest BCUT2D eigenvalue weighted by Gasteiger charge is 2.41. The molecule has 2 aliphatic rings. The van der Waals surface area contributed by atoms with Gasteiger partial charge in [-0.2, -0.15) is 0 Å². The lowest BCUT2D eigenvalue weighted by atomic mass is 9.70. The first-order valence-corrected chi connectivity index (χ1v) is 9.86. The number of anilines is 1. The van der Waals surface area contributed by atoms with E-state index in [1.807, 2.05) is 12.3 Å². The van der Waals surface area contributed by atoms with Gasteiger partial charge in [0.15, 0.2) is 5.78 Å². The number of hydrogen-bond donors (Lipinski definition) is 1. The Morgan fingerprint density at radius 2 is 2.04 bits per heavy atom. The normalized spacial score (nSPS) is 21.3. The van der Waals surface area contributed by atoms with Crippen LogP contribution in [0, 0.1) is 5.41 Å². The maximum atomic E-state index is 13.1. The van der Waals surface area contributed by atoms with Crippen molar-refractivity contribution >= 4 is 33.7 Å². The van der Waals surface area contributed by atoms with Crippen molar-refractivity contribution in [2.45, 2.75) is 32.6 Å². The number of thiophene rings is 1. The monoisotopic (exact) mass is 360 g/mol. The Labute approximate surface area is 156 Å². The number of aromatic nitrogens is 1. The smallest absolute Gasteiger partial charge is 0.162 e. The summed E-state index contributed by atoms with van der Waals surface area (Å²) in [7, 11) is 0. The number of nitrogens with zero attached hydrogens (tertiary/aromatic N) is 1. The molecule has 0 saturated heterocycles. The van der Waals surface area contributed by atoms with Crippen molar-refractivity contribution in [3.63, 3.8) is 0 Å². The molecule has 5 rings (SSSR count). The highest BCUT2D eigenvalue weighted by Crippen LogP contribution is 2.51. The molecule has 3 heterocycles. The summed E-state index contributed by atoms with van der Waals surface area (Å²) in [5.74, 6) is 0.300. The number of benzene rings is 1. The zero-order chi connectivity index (χ0) is 17.9. The maximum Gasteiger partial charge on any atom is 0.162 e. The predicted octanol–water partition coefficient (Wildman–Crippen LogP) is 5.50. The second-order valence-electron chi connectivity index (χ2n) is 8.01. The fourth-order valence-electron chi connectivity index (χ4n) is 4.39. The molecule has 0 radical (unpaired) electrons. The third-order valence-electron chi connectivity index (χ3n) is 5.44. The van der Waals surface area contributed by atoms with E-state index in [4.69, 9.17) is 0 Å². The largest absolute Gasteiger partial charge is 0.358 e. The zero-order valence-corrected chi connectivity index (χ0v) is 15.7. The third-order valence-corrected chi connectivity index (χ3v) is 6.38. The summed E-state index contributed by atoms with van der Waals surface area (Å²) in [4.78, 5) is 18.9. The number of nitrogens with one attached hydrogen (secondary N) is 1. The molecule has 26 heavy (non-hydrogen) atoms. The van der Waals surface area contributed by atoms with Crippen LogP contribution < -0.4 is 5.32 Å². The van der Waals surface area contributed by atoms with Crippen LogP contribution in [0.1, 0.15) is 43.0 Å². The van der Waals surface area contributed by atoms with E-state index in [1.54, 1.807) is 11.3 Å². The summed E-state index contributed by atoms with van der Waals surface area (Å²) < 4.78 is 0. The van der Waals surface area contributed by atoms with Crippen molar-refractivity contribution in [2.24, 2.45) is 5.41 Å². The van der Waals surface area contributed by atoms with E-state index in [0.717, 1.165) is 34.3 Å². The second kappa shape index (κ2) is 5.52. The SMILES string of the molecule is CC1(C)CC(=O)C2=C(C1)Nc1c(ccc3ncccc13)C2c1cccs1.